The predicted molar refractivity (Wildman–Crippen MR) is 60.6 cm³/mol. The number of carbonyl (C=O) groups is 1. The molecule has 0 aromatic carbocycles. The van der Waals surface area contributed by atoms with Crippen LogP contribution in [0.4, 0.5) is 0 Å². The van der Waals surface area contributed by atoms with E-state index in [0.29, 0.717) is 0 Å². The van der Waals surface area contributed by atoms with Crippen molar-refractivity contribution < 1.29 is 14.6 Å². The monoisotopic (exact) mass is 253 g/mol. The van der Waals surface area contributed by atoms with Crippen LogP contribution in [0.5, 0.6) is 0 Å². The number of thiophene rings is 1. The van der Waals surface area contributed by atoms with E-state index in [1.54, 1.807) is 0 Å². The Labute approximate surface area is 101 Å². The zero-order chi connectivity index (χ0) is 12.3. The van der Waals surface area contributed by atoms with Crippen molar-refractivity contribution in [3.63, 3.8) is 0 Å². The van der Waals surface area contributed by atoms with E-state index in [0.717, 1.165) is 4.88 Å². The Bertz CT molecular complexity index is 495. The summed E-state index contributed by atoms with van der Waals surface area (Å²) >= 11 is 1.46. The smallest absolute Gasteiger partial charge is 0.360 e. The van der Waals surface area contributed by atoms with Crippen LogP contribution in [-0.4, -0.2) is 33.2 Å². The van der Waals surface area contributed by atoms with E-state index in [9.17, 15) is 9.90 Å². The number of aliphatic hydroxyl groups is 1. The Balaban J connectivity index is 2.04. The van der Waals surface area contributed by atoms with Crippen LogP contribution < -0.4 is 0 Å². The fourth-order valence-corrected chi connectivity index (χ4v) is 2.04. The molecule has 1 unspecified atom stereocenters. The highest BCUT2D eigenvalue weighted by molar-refractivity contribution is 7.10. The molecule has 6 nitrogen and oxygen atoms in total. The topological polar surface area (TPSA) is 77.2 Å². The molecule has 2 aromatic heterocycles. The van der Waals surface area contributed by atoms with E-state index in [1.165, 1.54) is 29.3 Å². The van der Waals surface area contributed by atoms with E-state index in [1.807, 2.05) is 17.5 Å². The molecule has 0 aliphatic rings. The summed E-state index contributed by atoms with van der Waals surface area (Å²) in [5, 5.41) is 19.2. The molecule has 0 saturated heterocycles. The average Bonchev–Trinajstić information content (AvgIpc) is 2.98. The Kier molecular flexibility index (Phi) is 3.50. The predicted octanol–water partition coefficient (Wildman–Crippen LogP) is 0.860. The number of esters is 1. The maximum absolute atomic E-state index is 11.1. The molecular weight excluding hydrogens is 242 g/mol. The van der Waals surface area contributed by atoms with E-state index < -0.39 is 12.1 Å². The van der Waals surface area contributed by atoms with Gasteiger partial charge < -0.3 is 9.84 Å². The largest absolute Gasteiger partial charge is 0.464 e. The molecule has 0 spiro atoms. The second-order valence-corrected chi connectivity index (χ2v) is 4.33. The number of carbonyl (C=O) groups excluding carboxylic acids is 1. The summed E-state index contributed by atoms with van der Waals surface area (Å²) in [5.41, 5.74) is 0.130. The molecular formula is C10H11N3O3S. The van der Waals surface area contributed by atoms with Crippen LogP contribution in [0.2, 0.25) is 0 Å². The Morgan fingerprint density at radius 3 is 3.18 bits per heavy atom. The number of nitrogens with zero attached hydrogens (tertiary/aromatic N) is 3. The van der Waals surface area contributed by atoms with Crippen LogP contribution >= 0.6 is 11.3 Å². The van der Waals surface area contributed by atoms with Gasteiger partial charge in [0.15, 0.2) is 5.69 Å². The minimum atomic E-state index is -0.651. The van der Waals surface area contributed by atoms with Gasteiger partial charge in [0.05, 0.1) is 19.9 Å². The van der Waals surface area contributed by atoms with Crippen LogP contribution in [0, 0.1) is 0 Å². The van der Waals surface area contributed by atoms with Crippen molar-refractivity contribution in [1.29, 1.82) is 0 Å². The van der Waals surface area contributed by atoms with Crippen molar-refractivity contribution in [2.75, 3.05) is 7.11 Å². The molecule has 0 aliphatic carbocycles. The molecule has 0 bridgehead atoms. The van der Waals surface area contributed by atoms with Gasteiger partial charge in [-0.2, -0.15) is 0 Å². The first kappa shape index (κ1) is 11.7. The Hall–Kier alpha value is -1.73. The summed E-state index contributed by atoms with van der Waals surface area (Å²) < 4.78 is 5.92. The van der Waals surface area contributed by atoms with Gasteiger partial charge in [0.2, 0.25) is 0 Å². The number of hydrogen-bond acceptors (Lipinski definition) is 6. The Morgan fingerprint density at radius 1 is 1.71 bits per heavy atom. The van der Waals surface area contributed by atoms with E-state index in [-0.39, 0.29) is 12.2 Å². The molecule has 0 aliphatic heterocycles. The minimum Gasteiger partial charge on any atom is -0.464 e. The van der Waals surface area contributed by atoms with Gasteiger partial charge in [-0.25, -0.2) is 9.48 Å². The van der Waals surface area contributed by atoms with Crippen LogP contribution in [0.25, 0.3) is 0 Å². The Morgan fingerprint density at radius 2 is 2.53 bits per heavy atom. The second kappa shape index (κ2) is 5.07. The summed E-state index contributed by atoms with van der Waals surface area (Å²) in [6, 6.07) is 3.71. The minimum absolute atomic E-state index is 0.130. The maximum atomic E-state index is 11.1. The number of methoxy groups -OCH3 is 1. The number of ether oxygens (including phenoxy) is 1. The van der Waals surface area contributed by atoms with E-state index in [4.69, 9.17) is 0 Å². The highest BCUT2D eigenvalue weighted by atomic mass is 32.1. The van der Waals surface area contributed by atoms with Gasteiger partial charge in [0.1, 0.15) is 6.10 Å². The fourth-order valence-electron chi connectivity index (χ4n) is 1.33. The van der Waals surface area contributed by atoms with Gasteiger partial charge in [-0.15, -0.1) is 16.4 Å². The molecule has 2 aromatic rings. The molecule has 7 heteroatoms. The van der Waals surface area contributed by atoms with Gasteiger partial charge in [-0.1, -0.05) is 11.3 Å². The van der Waals surface area contributed by atoms with Crippen LogP contribution in [-0.2, 0) is 11.3 Å². The van der Waals surface area contributed by atoms with Gasteiger partial charge in [0.25, 0.3) is 0 Å². The lowest BCUT2D eigenvalue weighted by molar-refractivity contribution is 0.0593. The molecule has 2 rings (SSSR count). The molecule has 0 radical (unpaired) electrons. The molecule has 0 fully saturated rings. The highest BCUT2D eigenvalue weighted by Gasteiger charge is 2.14. The molecule has 1 atom stereocenters. The second-order valence-electron chi connectivity index (χ2n) is 3.35. The molecule has 17 heavy (non-hydrogen) atoms. The van der Waals surface area contributed by atoms with Gasteiger partial charge in [-0.3, -0.25) is 0 Å². The molecule has 1 N–H and O–H groups in total. The molecule has 90 valence electrons. The average molecular weight is 253 g/mol. The summed E-state index contributed by atoms with van der Waals surface area (Å²) in [5.74, 6) is -0.540. The summed E-state index contributed by atoms with van der Waals surface area (Å²) in [6.07, 6.45) is 0.796. The van der Waals surface area contributed by atoms with E-state index >= 15 is 0 Å². The van der Waals surface area contributed by atoms with Gasteiger partial charge in [-0.05, 0) is 11.4 Å². The highest BCUT2D eigenvalue weighted by Crippen LogP contribution is 2.19. The molecule has 0 saturated carbocycles. The number of hydrogen-bond donors (Lipinski definition) is 1. The van der Waals surface area contributed by atoms with E-state index in [2.05, 4.69) is 15.0 Å². The fraction of sp³-hybridized carbons (Fsp3) is 0.300. The van der Waals surface area contributed by atoms with Crippen molar-refractivity contribution in [3.05, 3.63) is 34.3 Å². The number of rotatable bonds is 4. The van der Waals surface area contributed by atoms with Gasteiger partial charge in [0, 0.05) is 4.88 Å². The standard InChI is InChI=1S/C10H11N3O3S/c1-16-10(15)7-5-13(12-11-7)6-8(14)9-3-2-4-17-9/h2-5,8,14H,6H2,1H3. The first-order chi connectivity index (χ1) is 8.20. The third-order valence-corrected chi connectivity index (χ3v) is 3.14. The lowest BCUT2D eigenvalue weighted by Gasteiger charge is -2.06. The first-order valence-corrected chi connectivity index (χ1v) is 5.78. The quantitative estimate of drug-likeness (QED) is 0.818. The maximum Gasteiger partial charge on any atom is 0.360 e. The number of aromatic nitrogens is 3. The SMILES string of the molecule is COC(=O)c1cn(CC(O)c2cccs2)nn1. The van der Waals surface area contributed by atoms with Crippen LogP contribution in [0.15, 0.2) is 23.7 Å². The zero-order valence-electron chi connectivity index (χ0n) is 9.11. The van der Waals surface area contributed by atoms with Crippen molar-refractivity contribution >= 4 is 17.3 Å². The zero-order valence-corrected chi connectivity index (χ0v) is 9.92. The molecule has 2 heterocycles. The molecule has 0 amide bonds. The summed E-state index contributed by atoms with van der Waals surface area (Å²) in [4.78, 5) is 12.0. The third-order valence-electron chi connectivity index (χ3n) is 2.16. The van der Waals surface area contributed by atoms with Crippen LogP contribution in [0.3, 0.4) is 0 Å². The van der Waals surface area contributed by atoms with Crippen molar-refractivity contribution in [2.45, 2.75) is 12.6 Å². The van der Waals surface area contributed by atoms with Crippen molar-refractivity contribution in [1.82, 2.24) is 15.0 Å². The first-order valence-electron chi connectivity index (χ1n) is 4.90. The summed E-state index contributed by atoms with van der Waals surface area (Å²) in [7, 11) is 1.28. The lowest BCUT2D eigenvalue weighted by Crippen LogP contribution is -2.08. The normalized spacial score (nSPS) is 12.4. The van der Waals surface area contributed by atoms with Crippen LogP contribution in [0.1, 0.15) is 21.5 Å². The van der Waals surface area contributed by atoms with Gasteiger partial charge >= 0.3 is 5.97 Å². The third kappa shape index (κ3) is 2.69. The van der Waals surface area contributed by atoms with Crippen molar-refractivity contribution in [2.24, 2.45) is 0 Å². The number of aliphatic hydroxyl groups excluding tert-OH is 1. The van der Waals surface area contributed by atoms with Crippen molar-refractivity contribution in [3.8, 4) is 0 Å². The lowest BCUT2D eigenvalue weighted by atomic mass is 10.3. The summed E-state index contributed by atoms with van der Waals surface area (Å²) in [6.45, 7) is 0.254.